The van der Waals surface area contributed by atoms with Gasteiger partial charge >= 0.3 is 6.18 Å². The molecule has 7 heteroatoms. The quantitative estimate of drug-likeness (QED) is 0.142. The Morgan fingerprint density at radius 2 is 1.64 bits per heavy atom. The van der Waals surface area contributed by atoms with Gasteiger partial charge < -0.3 is 5.32 Å². The fraction of sp³-hybridized carbons (Fsp3) is 0.594. The van der Waals surface area contributed by atoms with E-state index in [1.807, 2.05) is 46.8 Å². The third kappa shape index (κ3) is 21.1. The lowest BCUT2D eigenvalue weighted by molar-refractivity contribution is -0.137. The van der Waals surface area contributed by atoms with Crippen LogP contribution in [0.5, 0.6) is 0 Å². The number of alkyl halides is 3. The average molecular weight is 558 g/mol. The van der Waals surface area contributed by atoms with Crippen LogP contribution in [0.4, 0.5) is 17.6 Å². The topological polar surface area (TPSA) is 27.6 Å². The van der Waals surface area contributed by atoms with Crippen LogP contribution in [0, 0.1) is 11.7 Å². The summed E-state index contributed by atoms with van der Waals surface area (Å²) in [7, 11) is 0. The third-order valence-corrected chi connectivity index (χ3v) is 5.34. The maximum absolute atomic E-state index is 13.5. The van der Waals surface area contributed by atoms with Crippen LogP contribution in [0.3, 0.4) is 0 Å². The number of rotatable bonds is 9. The first-order valence-corrected chi connectivity index (χ1v) is 14.3. The molecule has 0 aliphatic carbocycles. The monoisotopic (exact) mass is 557 g/mol. The Labute approximate surface area is 237 Å². The van der Waals surface area contributed by atoms with E-state index in [0.717, 1.165) is 57.2 Å². The maximum Gasteiger partial charge on any atom is 0.416 e. The van der Waals surface area contributed by atoms with Crippen LogP contribution in [0.2, 0.25) is 0 Å². The van der Waals surface area contributed by atoms with Crippen molar-refractivity contribution in [2.45, 2.75) is 93.2 Å². The number of hydrogen-bond donors (Lipinski definition) is 1. The van der Waals surface area contributed by atoms with Gasteiger partial charge in [0.15, 0.2) is 0 Å². The molecule has 0 aromatic heterocycles. The van der Waals surface area contributed by atoms with E-state index in [9.17, 15) is 17.6 Å². The first-order chi connectivity index (χ1) is 18.7. The zero-order valence-corrected chi connectivity index (χ0v) is 25.6. The second kappa shape index (κ2) is 27.2. The van der Waals surface area contributed by atoms with Gasteiger partial charge in [-0.05, 0) is 81.6 Å². The molecule has 1 aromatic carbocycles. The fourth-order valence-electron chi connectivity index (χ4n) is 3.73. The summed E-state index contributed by atoms with van der Waals surface area (Å²) < 4.78 is 52.0. The highest BCUT2D eigenvalue weighted by atomic mass is 19.4. The molecule has 0 amide bonds. The largest absolute Gasteiger partial charge is 0.416 e. The molecule has 0 saturated carbocycles. The molecular formula is C32H55F4N3. The summed E-state index contributed by atoms with van der Waals surface area (Å²) in [5, 5.41) is 3.10. The molecule has 1 saturated heterocycles. The van der Waals surface area contributed by atoms with Gasteiger partial charge in [-0.3, -0.25) is 9.89 Å². The molecule has 2 rings (SSSR count). The summed E-state index contributed by atoms with van der Waals surface area (Å²) in [6.07, 6.45) is 6.60. The zero-order chi connectivity index (χ0) is 30.7. The summed E-state index contributed by atoms with van der Waals surface area (Å²) in [6.45, 7) is 27.2. The highest BCUT2D eigenvalue weighted by Gasteiger charge is 2.31. The van der Waals surface area contributed by atoms with Crippen molar-refractivity contribution < 1.29 is 17.6 Å². The number of aliphatic imine (C=N–C) groups is 1. The Kier molecular flexibility index (Phi) is 28.6. The number of benzene rings is 1. The molecule has 1 fully saturated rings. The molecule has 1 aromatic rings. The minimum Gasteiger partial charge on any atom is -0.350 e. The molecule has 1 N–H and O–H groups in total. The molecule has 1 heterocycles. The molecule has 3 nitrogen and oxygen atoms in total. The second-order valence-electron chi connectivity index (χ2n) is 8.37. The Bertz CT molecular complexity index is 765. The van der Waals surface area contributed by atoms with Gasteiger partial charge in [-0.1, -0.05) is 73.1 Å². The van der Waals surface area contributed by atoms with Gasteiger partial charge in [-0.15, -0.1) is 13.2 Å². The molecule has 0 spiro atoms. The summed E-state index contributed by atoms with van der Waals surface area (Å²) in [5.74, 6) is 0.619. The van der Waals surface area contributed by atoms with E-state index < -0.39 is 17.6 Å². The van der Waals surface area contributed by atoms with Crippen molar-refractivity contribution in [3.63, 3.8) is 0 Å². The lowest BCUT2D eigenvalue weighted by Gasteiger charge is -2.32. The Balaban J connectivity index is -0.00000129. The normalized spacial score (nSPS) is 13.9. The Morgan fingerprint density at radius 1 is 1.08 bits per heavy atom. The van der Waals surface area contributed by atoms with Gasteiger partial charge in [-0.2, -0.15) is 13.2 Å². The van der Waals surface area contributed by atoms with E-state index in [1.54, 1.807) is 6.20 Å². The number of hydrogen-bond acceptors (Lipinski definition) is 2. The van der Waals surface area contributed by atoms with E-state index >= 15 is 0 Å². The van der Waals surface area contributed by atoms with Crippen LogP contribution in [0.1, 0.15) is 91.7 Å². The van der Waals surface area contributed by atoms with Gasteiger partial charge in [0.25, 0.3) is 0 Å². The van der Waals surface area contributed by atoms with Gasteiger partial charge in [0, 0.05) is 0 Å². The fourth-order valence-corrected chi connectivity index (χ4v) is 3.73. The molecule has 0 radical (unpaired) electrons. The predicted octanol–water partition coefficient (Wildman–Crippen LogP) is 9.86. The van der Waals surface area contributed by atoms with Crippen molar-refractivity contribution in [2.75, 3.05) is 26.2 Å². The van der Waals surface area contributed by atoms with Crippen molar-refractivity contribution in [2.24, 2.45) is 10.9 Å². The van der Waals surface area contributed by atoms with E-state index in [0.29, 0.717) is 30.5 Å². The molecule has 1 aliphatic rings. The number of amidine groups is 1. The minimum absolute atomic E-state index is 0.414. The highest BCUT2D eigenvalue weighted by Crippen LogP contribution is 2.31. The Hall–Kier alpha value is -2.41. The molecule has 0 unspecified atom stereocenters. The number of halogens is 4. The van der Waals surface area contributed by atoms with Gasteiger partial charge in [-0.25, -0.2) is 4.39 Å². The van der Waals surface area contributed by atoms with Gasteiger partial charge in [0.2, 0.25) is 0 Å². The molecule has 0 bridgehead atoms. The number of nitrogens with one attached hydrogen (secondary N) is 1. The van der Waals surface area contributed by atoms with Crippen molar-refractivity contribution in [1.82, 2.24) is 10.2 Å². The number of allylic oxidation sites excluding steroid dienone is 1. The van der Waals surface area contributed by atoms with Crippen molar-refractivity contribution in [3.8, 4) is 0 Å². The predicted molar refractivity (Wildman–Crippen MR) is 164 cm³/mol. The standard InChI is InChI=1S/C23H31F4N3.C3H8.2C2H6.C2H4/c1-3-5-11-29-22(28-4-2)17-30-12-9-18(10-13-30)7-6-8-19-14-20(23(25,26)27)16-21(24)15-19;1-3-2;3*1-2/h3-5,14-16,18H,2,6-13,17H2,1H3,(H,28,29);3H2,1-2H3;2*1-2H3;1-2H2/b5-3+;;;;. The van der Waals surface area contributed by atoms with Crippen LogP contribution >= 0.6 is 0 Å². The van der Waals surface area contributed by atoms with Crippen LogP contribution in [0.25, 0.3) is 0 Å². The van der Waals surface area contributed by atoms with E-state index in [1.165, 1.54) is 12.5 Å². The first kappa shape index (κ1) is 41.1. The second-order valence-corrected chi connectivity index (χ2v) is 8.37. The Morgan fingerprint density at radius 3 is 2.13 bits per heavy atom. The molecule has 226 valence electrons. The van der Waals surface area contributed by atoms with Gasteiger partial charge in [0.1, 0.15) is 11.7 Å². The smallest absolute Gasteiger partial charge is 0.350 e. The average Bonchev–Trinajstić information content (AvgIpc) is 2.93. The lowest BCUT2D eigenvalue weighted by atomic mass is 9.90. The summed E-state index contributed by atoms with van der Waals surface area (Å²) in [5.41, 5.74) is -0.497. The SMILES string of the molecule is C=C.C=CNC(CN1CCC(CCCc2cc(F)cc(C(F)(F)F)c2)CC1)=NC/C=C/C.CC.CC.CCC. The van der Waals surface area contributed by atoms with E-state index in [-0.39, 0.29) is 0 Å². The minimum atomic E-state index is -4.51. The number of likely N-dealkylation sites (tertiary alicyclic amines) is 1. The first-order valence-electron chi connectivity index (χ1n) is 14.3. The van der Waals surface area contributed by atoms with Crippen molar-refractivity contribution in [3.05, 3.63) is 73.2 Å². The van der Waals surface area contributed by atoms with E-state index in [2.05, 4.69) is 48.8 Å². The van der Waals surface area contributed by atoms with Crippen LogP contribution in [-0.4, -0.2) is 36.9 Å². The van der Waals surface area contributed by atoms with Crippen LogP contribution in [-0.2, 0) is 12.6 Å². The lowest BCUT2D eigenvalue weighted by Crippen LogP contribution is -2.40. The molecular weight excluding hydrogens is 502 g/mol. The molecule has 1 aliphatic heterocycles. The van der Waals surface area contributed by atoms with Crippen molar-refractivity contribution >= 4 is 5.84 Å². The summed E-state index contributed by atoms with van der Waals surface area (Å²) in [6, 6.07) is 2.82. The maximum atomic E-state index is 13.5. The summed E-state index contributed by atoms with van der Waals surface area (Å²) in [4.78, 5) is 6.88. The third-order valence-electron chi connectivity index (χ3n) is 5.34. The van der Waals surface area contributed by atoms with Gasteiger partial charge in [0.05, 0.1) is 18.7 Å². The zero-order valence-electron chi connectivity index (χ0n) is 25.6. The van der Waals surface area contributed by atoms with Crippen LogP contribution in [0.15, 0.2) is 61.3 Å². The van der Waals surface area contributed by atoms with Crippen molar-refractivity contribution in [1.29, 1.82) is 0 Å². The highest BCUT2D eigenvalue weighted by molar-refractivity contribution is 5.85. The molecule has 39 heavy (non-hydrogen) atoms. The van der Waals surface area contributed by atoms with Crippen LogP contribution < -0.4 is 5.32 Å². The van der Waals surface area contributed by atoms with E-state index in [4.69, 9.17) is 0 Å². The number of nitrogens with zero attached hydrogens (tertiary/aromatic N) is 2. The number of aryl methyl sites for hydroxylation is 1. The summed E-state index contributed by atoms with van der Waals surface area (Å²) >= 11 is 0. The molecule has 0 atom stereocenters. The number of piperidine rings is 1.